The van der Waals surface area contributed by atoms with Crippen molar-refractivity contribution in [3.05, 3.63) is 22.8 Å². The highest BCUT2D eigenvalue weighted by atomic mass is 16.7. The van der Waals surface area contributed by atoms with E-state index < -0.39 is 11.8 Å². The first-order chi connectivity index (χ1) is 9.63. The molecule has 9 heteroatoms. The Morgan fingerprint density at radius 2 is 2.35 bits per heavy atom. The zero-order chi connectivity index (χ0) is 14.3. The van der Waals surface area contributed by atoms with Gasteiger partial charge >= 0.3 is 11.8 Å². The van der Waals surface area contributed by atoms with E-state index in [0.29, 0.717) is 12.2 Å². The summed E-state index contributed by atoms with van der Waals surface area (Å²) < 4.78 is 11.0. The predicted octanol–water partition coefficient (Wildman–Crippen LogP) is -0.668. The number of oxazole rings is 1. The number of nitrogens with two attached hydrogens (primary N) is 1. The minimum Gasteiger partial charge on any atom is -0.443 e. The van der Waals surface area contributed by atoms with Crippen LogP contribution in [0, 0.1) is 0 Å². The molecule has 9 nitrogen and oxygen atoms in total. The molecular weight excluding hydrogens is 268 g/mol. The summed E-state index contributed by atoms with van der Waals surface area (Å²) in [6.07, 6.45) is 0.580. The van der Waals surface area contributed by atoms with Crippen LogP contribution in [0.15, 0.2) is 21.5 Å². The van der Waals surface area contributed by atoms with Gasteiger partial charge in [-0.25, -0.2) is 14.6 Å². The zero-order valence-electron chi connectivity index (χ0n) is 10.6. The summed E-state index contributed by atoms with van der Waals surface area (Å²) in [7, 11) is 1.33. The van der Waals surface area contributed by atoms with Gasteiger partial charge in [-0.15, -0.1) is 0 Å². The number of ether oxygens (including phenoxy) is 1. The van der Waals surface area contributed by atoms with Crippen molar-refractivity contribution in [3.8, 4) is 0 Å². The van der Waals surface area contributed by atoms with E-state index in [-0.39, 0.29) is 23.9 Å². The average Bonchev–Trinajstić information content (AvgIpc) is 2.96. The van der Waals surface area contributed by atoms with Crippen LogP contribution in [-0.4, -0.2) is 42.1 Å². The van der Waals surface area contributed by atoms with Gasteiger partial charge in [-0.1, -0.05) is 4.73 Å². The van der Waals surface area contributed by atoms with Crippen LogP contribution in [0.2, 0.25) is 0 Å². The molecule has 0 spiro atoms. The van der Waals surface area contributed by atoms with Crippen LogP contribution in [0.3, 0.4) is 0 Å². The molecule has 0 radical (unpaired) electrons. The summed E-state index contributed by atoms with van der Waals surface area (Å²) in [6, 6.07) is 1.53. The third kappa shape index (κ3) is 1.79. The number of carbonyl (C=O) groups is 1. The second-order valence-corrected chi connectivity index (χ2v) is 4.21. The Bertz CT molecular complexity index is 721. The van der Waals surface area contributed by atoms with E-state index in [1.165, 1.54) is 24.3 Å². The summed E-state index contributed by atoms with van der Waals surface area (Å²) in [5, 5.41) is 0. The highest BCUT2D eigenvalue weighted by Gasteiger charge is 2.32. The van der Waals surface area contributed by atoms with Gasteiger partial charge in [0.25, 0.3) is 0 Å². The number of hydrogen-bond donors (Lipinski definition) is 1. The third-order valence-corrected chi connectivity index (χ3v) is 3.01. The number of cyclic esters (lactones) is 1. The van der Waals surface area contributed by atoms with Gasteiger partial charge in [0.2, 0.25) is 5.65 Å². The van der Waals surface area contributed by atoms with Crippen LogP contribution in [0.5, 0.6) is 0 Å². The molecule has 1 fully saturated rings. The van der Waals surface area contributed by atoms with Crippen molar-refractivity contribution in [3.63, 3.8) is 0 Å². The SMILES string of the molecule is COn1c(=O)oc2cc(N3CC(CN)OC3=O)cnc21. The summed E-state index contributed by atoms with van der Waals surface area (Å²) in [4.78, 5) is 33.5. The summed E-state index contributed by atoms with van der Waals surface area (Å²) >= 11 is 0. The Morgan fingerprint density at radius 1 is 1.55 bits per heavy atom. The molecule has 2 aromatic rings. The molecule has 0 bridgehead atoms. The van der Waals surface area contributed by atoms with E-state index in [9.17, 15) is 9.59 Å². The van der Waals surface area contributed by atoms with E-state index in [1.807, 2.05) is 0 Å². The van der Waals surface area contributed by atoms with Gasteiger partial charge in [0.1, 0.15) is 13.2 Å². The van der Waals surface area contributed by atoms with Crippen LogP contribution in [0.25, 0.3) is 11.2 Å². The van der Waals surface area contributed by atoms with Crippen LogP contribution in [0.1, 0.15) is 0 Å². The molecule has 1 amide bonds. The van der Waals surface area contributed by atoms with Gasteiger partial charge in [0.15, 0.2) is 5.58 Å². The third-order valence-electron chi connectivity index (χ3n) is 3.01. The maximum absolute atomic E-state index is 11.7. The number of pyridine rings is 1. The van der Waals surface area contributed by atoms with Gasteiger partial charge in [0.05, 0.1) is 18.4 Å². The van der Waals surface area contributed by atoms with Gasteiger partial charge in [0, 0.05) is 12.6 Å². The first-order valence-corrected chi connectivity index (χ1v) is 5.88. The molecule has 1 unspecified atom stereocenters. The van der Waals surface area contributed by atoms with Crippen LogP contribution in [0.4, 0.5) is 10.5 Å². The number of aromatic nitrogens is 2. The van der Waals surface area contributed by atoms with Crippen molar-refractivity contribution in [1.82, 2.24) is 9.71 Å². The summed E-state index contributed by atoms with van der Waals surface area (Å²) in [6.45, 7) is 0.574. The molecule has 1 aliphatic heterocycles. The van der Waals surface area contributed by atoms with E-state index in [0.717, 1.165) is 4.73 Å². The Balaban J connectivity index is 2.02. The van der Waals surface area contributed by atoms with Crippen molar-refractivity contribution in [2.24, 2.45) is 5.73 Å². The fourth-order valence-corrected chi connectivity index (χ4v) is 2.04. The normalized spacial score (nSPS) is 18.6. The zero-order valence-corrected chi connectivity index (χ0v) is 10.6. The van der Waals surface area contributed by atoms with E-state index >= 15 is 0 Å². The first kappa shape index (κ1) is 12.5. The average molecular weight is 280 g/mol. The van der Waals surface area contributed by atoms with Crippen molar-refractivity contribution in [1.29, 1.82) is 0 Å². The molecular formula is C11H12N4O5. The van der Waals surface area contributed by atoms with Crippen molar-refractivity contribution >= 4 is 23.0 Å². The topological polar surface area (TPSA) is 113 Å². The lowest BCUT2D eigenvalue weighted by molar-refractivity contribution is 0.145. The number of nitrogens with zero attached hydrogens (tertiary/aromatic N) is 3. The van der Waals surface area contributed by atoms with Gasteiger partial charge in [-0.05, 0) is 0 Å². The number of fused-ring (bicyclic) bond motifs is 1. The van der Waals surface area contributed by atoms with E-state index in [4.69, 9.17) is 19.7 Å². The molecule has 106 valence electrons. The second-order valence-electron chi connectivity index (χ2n) is 4.21. The molecule has 0 aromatic carbocycles. The highest BCUT2D eigenvalue weighted by molar-refractivity contribution is 5.91. The monoisotopic (exact) mass is 280 g/mol. The highest BCUT2D eigenvalue weighted by Crippen LogP contribution is 2.23. The molecule has 0 saturated carbocycles. The molecule has 20 heavy (non-hydrogen) atoms. The van der Waals surface area contributed by atoms with Crippen LogP contribution in [-0.2, 0) is 4.74 Å². The minimum absolute atomic E-state index is 0.221. The first-order valence-electron chi connectivity index (χ1n) is 5.88. The van der Waals surface area contributed by atoms with E-state index in [2.05, 4.69) is 4.98 Å². The maximum atomic E-state index is 11.7. The molecule has 1 atom stereocenters. The van der Waals surface area contributed by atoms with Crippen LogP contribution < -0.4 is 21.2 Å². The van der Waals surface area contributed by atoms with E-state index in [1.54, 1.807) is 0 Å². The molecule has 2 aromatic heterocycles. The molecule has 0 aliphatic carbocycles. The van der Waals surface area contributed by atoms with Gasteiger partial charge in [-0.3, -0.25) is 4.90 Å². The number of hydrogen-bond acceptors (Lipinski definition) is 7. The number of carbonyl (C=O) groups excluding carboxylic acids is 1. The Morgan fingerprint density at radius 3 is 3.00 bits per heavy atom. The maximum Gasteiger partial charge on any atom is 0.454 e. The van der Waals surface area contributed by atoms with Crippen molar-refractivity contribution in [2.75, 3.05) is 25.1 Å². The van der Waals surface area contributed by atoms with Gasteiger partial charge < -0.3 is 19.7 Å². The van der Waals surface area contributed by atoms with Gasteiger partial charge in [-0.2, -0.15) is 0 Å². The Hall–Kier alpha value is -2.55. The lowest BCUT2D eigenvalue weighted by Crippen LogP contribution is -2.27. The second kappa shape index (κ2) is 4.53. The van der Waals surface area contributed by atoms with Crippen molar-refractivity contribution < 1.29 is 18.8 Å². The summed E-state index contributed by atoms with van der Waals surface area (Å²) in [5.74, 6) is -0.684. The fraction of sp³-hybridized carbons (Fsp3) is 0.364. The lowest BCUT2D eigenvalue weighted by Gasteiger charge is -2.11. The molecule has 3 heterocycles. The predicted molar refractivity (Wildman–Crippen MR) is 67.4 cm³/mol. The Kier molecular flexibility index (Phi) is 2.83. The quantitative estimate of drug-likeness (QED) is 0.793. The summed E-state index contributed by atoms with van der Waals surface area (Å²) in [5.41, 5.74) is 6.40. The molecule has 1 saturated heterocycles. The van der Waals surface area contributed by atoms with Crippen LogP contribution >= 0.6 is 0 Å². The Labute approximate surface area is 112 Å². The number of anilines is 1. The number of rotatable bonds is 3. The standard InChI is InChI=1S/C11H12N4O5/c1-18-15-9-8(20-11(15)17)2-6(4-13-9)14-5-7(3-12)19-10(14)16/h2,4,7H,3,5,12H2,1H3. The number of amides is 1. The molecule has 3 rings (SSSR count). The largest absolute Gasteiger partial charge is 0.454 e. The fourth-order valence-electron chi connectivity index (χ4n) is 2.04. The lowest BCUT2D eigenvalue weighted by atomic mass is 10.3. The molecule has 2 N–H and O–H groups in total. The van der Waals surface area contributed by atoms with Crippen molar-refractivity contribution in [2.45, 2.75) is 6.10 Å². The smallest absolute Gasteiger partial charge is 0.443 e. The molecule has 1 aliphatic rings. The minimum atomic E-state index is -0.684.